The molecule has 0 aliphatic carbocycles. The number of nitrogens with zero attached hydrogens (tertiary/aromatic N) is 1. The molecule has 0 aromatic heterocycles. The second-order valence-corrected chi connectivity index (χ2v) is 3.80. The van der Waals surface area contributed by atoms with E-state index in [1.54, 1.807) is 0 Å². The number of likely N-dealkylation sites (tertiary alicyclic amines) is 1. The molecular weight excluding hydrogens is 236 g/mol. The third kappa shape index (κ3) is 4.26. The number of hydrogen-bond donors (Lipinski definition) is 1. The summed E-state index contributed by atoms with van der Waals surface area (Å²) in [4.78, 5) is 23.7. The summed E-state index contributed by atoms with van der Waals surface area (Å²) < 4.78 is 28.0. The van der Waals surface area contributed by atoms with E-state index in [9.17, 15) is 18.4 Å². The average molecular weight is 251 g/mol. The Balaban J connectivity index is 2.29. The molecule has 1 saturated heterocycles. The maximum atomic E-state index is 11.7. The van der Waals surface area contributed by atoms with Crippen LogP contribution in [0.25, 0.3) is 0 Å². The zero-order valence-corrected chi connectivity index (χ0v) is 9.27. The van der Waals surface area contributed by atoms with Crippen molar-refractivity contribution in [3.63, 3.8) is 0 Å². The first-order valence-electron chi connectivity index (χ1n) is 5.40. The summed E-state index contributed by atoms with van der Waals surface area (Å²) in [6.07, 6.45) is -1.51. The van der Waals surface area contributed by atoms with Crippen molar-refractivity contribution in [2.75, 3.05) is 19.8 Å². The van der Waals surface area contributed by atoms with Crippen LogP contribution in [0.3, 0.4) is 0 Å². The topological polar surface area (TPSA) is 66.8 Å². The minimum absolute atomic E-state index is 0.0590. The van der Waals surface area contributed by atoms with Gasteiger partial charge in [0.15, 0.2) is 0 Å². The molecule has 0 aromatic rings. The van der Waals surface area contributed by atoms with E-state index in [0.717, 1.165) is 0 Å². The highest BCUT2D eigenvalue weighted by Crippen LogP contribution is 2.18. The molecule has 1 rings (SSSR count). The fourth-order valence-electron chi connectivity index (χ4n) is 1.80. The van der Waals surface area contributed by atoms with Crippen LogP contribution in [0.5, 0.6) is 0 Å². The Labute approximate surface area is 97.3 Å². The predicted octanol–water partition coefficient (Wildman–Crippen LogP) is 0.734. The number of rotatable bonds is 6. The van der Waals surface area contributed by atoms with Crippen LogP contribution >= 0.6 is 0 Å². The molecular formula is C10H15F2NO4. The van der Waals surface area contributed by atoms with Crippen LogP contribution in [0, 0.1) is 0 Å². The molecule has 0 radical (unpaired) electrons. The van der Waals surface area contributed by atoms with Crippen molar-refractivity contribution < 1.29 is 28.2 Å². The van der Waals surface area contributed by atoms with Gasteiger partial charge in [0.25, 0.3) is 6.43 Å². The van der Waals surface area contributed by atoms with Crippen molar-refractivity contribution in [3.05, 3.63) is 0 Å². The van der Waals surface area contributed by atoms with Crippen LogP contribution in [0.15, 0.2) is 0 Å². The van der Waals surface area contributed by atoms with Gasteiger partial charge in [0.2, 0.25) is 5.91 Å². The Bertz CT molecular complexity index is 285. The molecule has 17 heavy (non-hydrogen) atoms. The van der Waals surface area contributed by atoms with Gasteiger partial charge in [-0.15, -0.1) is 0 Å². The van der Waals surface area contributed by atoms with Gasteiger partial charge in [-0.3, -0.25) is 4.79 Å². The maximum absolute atomic E-state index is 11.7. The van der Waals surface area contributed by atoms with E-state index in [0.29, 0.717) is 19.4 Å². The van der Waals surface area contributed by atoms with Crippen molar-refractivity contribution in [2.24, 2.45) is 0 Å². The Morgan fingerprint density at radius 3 is 2.76 bits per heavy atom. The van der Waals surface area contributed by atoms with Crippen LogP contribution in [-0.4, -0.2) is 54.1 Å². The average Bonchev–Trinajstić information content (AvgIpc) is 2.72. The third-order valence-electron chi connectivity index (χ3n) is 2.56. The fraction of sp³-hybridized carbons (Fsp3) is 0.800. The van der Waals surface area contributed by atoms with E-state index < -0.39 is 25.0 Å². The SMILES string of the molecule is O=C(O)C1CCCN1C(=O)CCOCC(F)F. The summed E-state index contributed by atoms with van der Waals surface area (Å²) in [5, 5.41) is 8.85. The smallest absolute Gasteiger partial charge is 0.326 e. The van der Waals surface area contributed by atoms with E-state index in [4.69, 9.17) is 5.11 Å². The zero-order valence-electron chi connectivity index (χ0n) is 9.27. The molecule has 1 unspecified atom stereocenters. The summed E-state index contributed by atoms with van der Waals surface area (Å²) in [5.74, 6) is -1.38. The minimum Gasteiger partial charge on any atom is -0.480 e. The summed E-state index contributed by atoms with van der Waals surface area (Å²) in [5.41, 5.74) is 0. The summed E-state index contributed by atoms with van der Waals surface area (Å²) in [7, 11) is 0. The van der Waals surface area contributed by atoms with Crippen molar-refractivity contribution in [1.29, 1.82) is 0 Å². The van der Waals surface area contributed by atoms with Gasteiger partial charge in [-0.25, -0.2) is 13.6 Å². The number of halogens is 2. The van der Waals surface area contributed by atoms with Gasteiger partial charge >= 0.3 is 5.97 Å². The van der Waals surface area contributed by atoms with Gasteiger partial charge in [0.1, 0.15) is 12.6 Å². The highest BCUT2D eigenvalue weighted by molar-refractivity contribution is 5.84. The standard InChI is InChI=1S/C10H15F2NO4/c11-8(12)6-17-5-3-9(14)13-4-1-2-7(13)10(15)16/h7-8H,1-6H2,(H,15,16). The van der Waals surface area contributed by atoms with Gasteiger partial charge in [-0.1, -0.05) is 0 Å². The summed E-state index contributed by atoms with van der Waals surface area (Å²) >= 11 is 0. The van der Waals surface area contributed by atoms with Crippen LogP contribution in [-0.2, 0) is 14.3 Å². The highest BCUT2D eigenvalue weighted by Gasteiger charge is 2.33. The number of carbonyl (C=O) groups is 2. The minimum atomic E-state index is -2.55. The largest absolute Gasteiger partial charge is 0.480 e. The van der Waals surface area contributed by atoms with Crippen LogP contribution in [0.4, 0.5) is 8.78 Å². The normalized spacial score (nSPS) is 19.9. The number of carboxylic acids is 1. The molecule has 1 fully saturated rings. The lowest BCUT2D eigenvalue weighted by atomic mass is 10.2. The van der Waals surface area contributed by atoms with Gasteiger partial charge < -0.3 is 14.7 Å². The number of aliphatic carboxylic acids is 1. The van der Waals surface area contributed by atoms with Crippen LogP contribution in [0.1, 0.15) is 19.3 Å². The lowest BCUT2D eigenvalue weighted by Gasteiger charge is -2.21. The van der Waals surface area contributed by atoms with Gasteiger partial charge in [-0.05, 0) is 12.8 Å². The Hall–Kier alpha value is -1.24. The Morgan fingerprint density at radius 2 is 2.18 bits per heavy atom. The maximum Gasteiger partial charge on any atom is 0.326 e. The molecule has 98 valence electrons. The van der Waals surface area contributed by atoms with E-state index >= 15 is 0 Å². The molecule has 1 atom stereocenters. The number of hydrogen-bond acceptors (Lipinski definition) is 3. The van der Waals surface area contributed by atoms with Crippen molar-refractivity contribution in [2.45, 2.75) is 31.7 Å². The molecule has 0 aromatic carbocycles. The monoisotopic (exact) mass is 251 g/mol. The van der Waals surface area contributed by atoms with Crippen LogP contribution in [0.2, 0.25) is 0 Å². The third-order valence-corrected chi connectivity index (χ3v) is 2.56. The second kappa shape index (κ2) is 6.48. The first-order chi connectivity index (χ1) is 8.02. The molecule has 0 spiro atoms. The van der Waals surface area contributed by atoms with E-state index in [1.165, 1.54) is 4.90 Å². The fourth-order valence-corrected chi connectivity index (χ4v) is 1.80. The molecule has 1 aliphatic heterocycles. The first-order valence-corrected chi connectivity index (χ1v) is 5.40. The lowest BCUT2D eigenvalue weighted by Crippen LogP contribution is -2.40. The number of ether oxygens (including phenoxy) is 1. The molecule has 0 bridgehead atoms. The van der Waals surface area contributed by atoms with Crippen molar-refractivity contribution in [3.8, 4) is 0 Å². The summed E-state index contributed by atoms with van der Waals surface area (Å²) in [6, 6.07) is -0.780. The molecule has 1 heterocycles. The van der Waals surface area contributed by atoms with Crippen molar-refractivity contribution >= 4 is 11.9 Å². The first kappa shape index (κ1) is 13.8. The molecule has 7 heteroatoms. The molecule has 1 aliphatic rings. The zero-order chi connectivity index (χ0) is 12.8. The van der Waals surface area contributed by atoms with E-state index in [-0.39, 0.29) is 18.9 Å². The van der Waals surface area contributed by atoms with Gasteiger partial charge in [0, 0.05) is 6.54 Å². The Morgan fingerprint density at radius 1 is 1.47 bits per heavy atom. The predicted molar refractivity (Wildman–Crippen MR) is 53.8 cm³/mol. The number of carbonyl (C=O) groups excluding carboxylic acids is 1. The van der Waals surface area contributed by atoms with Crippen molar-refractivity contribution in [1.82, 2.24) is 4.90 Å². The highest BCUT2D eigenvalue weighted by atomic mass is 19.3. The number of alkyl halides is 2. The second-order valence-electron chi connectivity index (χ2n) is 3.80. The summed E-state index contributed by atoms with van der Waals surface area (Å²) in [6.45, 7) is -0.397. The molecule has 1 N–H and O–H groups in total. The lowest BCUT2D eigenvalue weighted by molar-refractivity contribution is -0.148. The van der Waals surface area contributed by atoms with Gasteiger partial charge in [0.05, 0.1) is 13.0 Å². The molecule has 5 nitrogen and oxygen atoms in total. The van der Waals surface area contributed by atoms with E-state index in [1.807, 2.05) is 0 Å². The molecule has 1 amide bonds. The van der Waals surface area contributed by atoms with Crippen LogP contribution < -0.4 is 0 Å². The Kier molecular flexibility index (Phi) is 5.27. The number of amides is 1. The number of carboxylic acid groups (broad SMARTS) is 1. The quantitative estimate of drug-likeness (QED) is 0.707. The van der Waals surface area contributed by atoms with Gasteiger partial charge in [-0.2, -0.15) is 0 Å². The molecule has 0 saturated carbocycles. The van der Waals surface area contributed by atoms with E-state index in [2.05, 4.69) is 4.74 Å².